The molecule has 1 aromatic carbocycles. The molecule has 1 aliphatic heterocycles. The highest BCUT2D eigenvalue weighted by Crippen LogP contribution is 2.33. The molecule has 3 aromatic rings. The number of aromatic nitrogens is 2. The summed E-state index contributed by atoms with van der Waals surface area (Å²) in [5.41, 5.74) is 1.74. The minimum atomic E-state index is -0.638. The van der Waals surface area contributed by atoms with Crippen LogP contribution in [0, 0.1) is 5.41 Å². The van der Waals surface area contributed by atoms with Crippen molar-refractivity contribution in [2.75, 3.05) is 18.4 Å². The Labute approximate surface area is 167 Å². The van der Waals surface area contributed by atoms with Gasteiger partial charge in [0.05, 0.1) is 16.8 Å². The number of amides is 2. The molecule has 1 saturated heterocycles. The molecule has 6 nitrogen and oxygen atoms in total. The zero-order valence-corrected chi connectivity index (χ0v) is 16.5. The van der Waals surface area contributed by atoms with Crippen LogP contribution in [0.5, 0.6) is 0 Å². The van der Waals surface area contributed by atoms with Gasteiger partial charge in [0.2, 0.25) is 5.91 Å². The van der Waals surface area contributed by atoms with Crippen LogP contribution >= 0.6 is 11.3 Å². The lowest BCUT2D eigenvalue weighted by molar-refractivity contribution is -0.127. The van der Waals surface area contributed by atoms with Gasteiger partial charge in [0.1, 0.15) is 0 Å². The Bertz CT molecular complexity index is 967. The number of benzene rings is 1. The fourth-order valence-electron chi connectivity index (χ4n) is 3.55. The lowest BCUT2D eigenvalue weighted by atomic mass is 9.80. The van der Waals surface area contributed by atoms with Gasteiger partial charge in [-0.3, -0.25) is 9.59 Å². The van der Waals surface area contributed by atoms with E-state index in [1.165, 1.54) is 11.3 Å². The first-order chi connectivity index (χ1) is 13.5. The summed E-state index contributed by atoms with van der Waals surface area (Å²) in [6.45, 7) is 3.00. The van der Waals surface area contributed by atoms with Crippen LogP contribution in [0.2, 0.25) is 0 Å². The molecule has 0 aliphatic carbocycles. The summed E-state index contributed by atoms with van der Waals surface area (Å²) in [5, 5.41) is 5.43. The van der Waals surface area contributed by atoms with E-state index < -0.39 is 5.41 Å². The van der Waals surface area contributed by atoms with E-state index in [-0.39, 0.29) is 11.8 Å². The number of H-pyrrole nitrogens is 1. The van der Waals surface area contributed by atoms with E-state index in [1.807, 2.05) is 61.0 Å². The van der Waals surface area contributed by atoms with Crippen molar-refractivity contribution in [1.82, 2.24) is 14.9 Å². The summed E-state index contributed by atoms with van der Waals surface area (Å²) < 4.78 is 0. The molecule has 1 unspecified atom stereocenters. The normalized spacial score (nSPS) is 19.4. The molecule has 0 bridgehead atoms. The van der Waals surface area contributed by atoms with Crippen LogP contribution in [0.3, 0.4) is 0 Å². The number of nitrogens with one attached hydrogen (secondary N) is 2. The van der Waals surface area contributed by atoms with Gasteiger partial charge in [0, 0.05) is 30.2 Å². The standard InChI is InChI=1S/C21H22N4O2S/c1-21(10-6-12-25(14-21)18(26)15-7-3-2-4-8-15)19(27)24-20-23-17(13-28-20)16-9-5-11-22-16/h2-5,7-9,11,13,22H,6,10,12,14H2,1H3,(H,23,24,27). The van der Waals surface area contributed by atoms with Gasteiger partial charge in [-0.1, -0.05) is 18.2 Å². The zero-order chi connectivity index (χ0) is 19.6. The second-order valence-electron chi connectivity index (χ2n) is 7.33. The molecule has 2 aromatic heterocycles. The topological polar surface area (TPSA) is 78.1 Å². The fourth-order valence-corrected chi connectivity index (χ4v) is 4.26. The van der Waals surface area contributed by atoms with Crippen molar-refractivity contribution in [2.24, 2.45) is 5.41 Å². The second kappa shape index (κ2) is 7.59. The highest BCUT2D eigenvalue weighted by atomic mass is 32.1. The summed E-state index contributed by atoms with van der Waals surface area (Å²) in [6.07, 6.45) is 3.38. The maximum atomic E-state index is 13.0. The third-order valence-corrected chi connectivity index (χ3v) is 5.91. The molecule has 7 heteroatoms. The number of anilines is 1. The van der Waals surface area contributed by atoms with Crippen molar-refractivity contribution >= 4 is 28.3 Å². The molecule has 1 fully saturated rings. The summed E-state index contributed by atoms with van der Waals surface area (Å²) in [4.78, 5) is 35.2. The monoisotopic (exact) mass is 394 g/mol. The molecule has 28 heavy (non-hydrogen) atoms. The molecular formula is C21H22N4O2S. The average Bonchev–Trinajstić information content (AvgIpc) is 3.40. The predicted molar refractivity (Wildman–Crippen MR) is 110 cm³/mol. The summed E-state index contributed by atoms with van der Waals surface area (Å²) >= 11 is 1.40. The van der Waals surface area contributed by atoms with E-state index in [1.54, 1.807) is 4.90 Å². The van der Waals surface area contributed by atoms with Crippen molar-refractivity contribution in [1.29, 1.82) is 0 Å². The third-order valence-electron chi connectivity index (χ3n) is 5.15. The van der Waals surface area contributed by atoms with Crippen LogP contribution in [-0.2, 0) is 4.79 Å². The first-order valence-electron chi connectivity index (χ1n) is 9.30. The lowest BCUT2D eigenvalue weighted by Gasteiger charge is -2.39. The first-order valence-corrected chi connectivity index (χ1v) is 10.2. The smallest absolute Gasteiger partial charge is 0.253 e. The quantitative estimate of drug-likeness (QED) is 0.702. The van der Waals surface area contributed by atoms with Gasteiger partial charge in [-0.25, -0.2) is 4.98 Å². The zero-order valence-electron chi connectivity index (χ0n) is 15.6. The van der Waals surface area contributed by atoms with E-state index in [2.05, 4.69) is 15.3 Å². The number of hydrogen-bond acceptors (Lipinski definition) is 4. The first kappa shape index (κ1) is 18.4. The van der Waals surface area contributed by atoms with Gasteiger partial charge >= 0.3 is 0 Å². The SMILES string of the molecule is CC1(C(=O)Nc2nc(-c3ccc[nH]3)cs2)CCCN(C(=O)c2ccccc2)C1. The highest BCUT2D eigenvalue weighted by Gasteiger charge is 2.39. The molecule has 4 rings (SSSR count). The average molecular weight is 395 g/mol. The Hall–Kier alpha value is -2.93. The second-order valence-corrected chi connectivity index (χ2v) is 8.19. The summed E-state index contributed by atoms with van der Waals surface area (Å²) in [6, 6.07) is 13.1. The minimum absolute atomic E-state index is 0.0254. The number of hydrogen-bond donors (Lipinski definition) is 2. The van der Waals surface area contributed by atoms with Crippen molar-refractivity contribution in [3.8, 4) is 11.4 Å². The Morgan fingerprint density at radius 3 is 2.79 bits per heavy atom. The fraction of sp³-hybridized carbons (Fsp3) is 0.286. The Morgan fingerprint density at radius 2 is 2.04 bits per heavy atom. The van der Waals surface area contributed by atoms with E-state index in [0.29, 0.717) is 23.8 Å². The van der Waals surface area contributed by atoms with Crippen LogP contribution in [0.1, 0.15) is 30.1 Å². The number of rotatable bonds is 4. The number of carbonyl (C=O) groups excluding carboxylic acids is 2. The van der Waals surface area contributed by atoms with Crippen LogP contribution in [0.25, 0.3) is 11.4 Å². The van der Waals surface area contributed by atoms with Crippen molar-refractivity contribution < 1.29 is 9.59 Å². The number of nitrogens with zero attached hydrogens (tertiary/aromatic N) is 2. The number of aromatic amines is 1. The van der Waals surface area contributed by atoms with Gasteiger partial charge in [-0.15, -0.1) is 11.3 Å². The van der Waals surface area contributed by atoms with E-state index >= 15 is 0 Å². The Balaban J connectivity index is 1.45. The molecule has 2 N–H and O–H groups in total. The molecule has 0 spiro atoms. The van der Waals surface area contributed by atoms with E-state index in [9.17, 15) is 9.59 Å². The van der Waals surface area contributed by atoms with Gasteiger partial charge in [0.15, 0.2) is 5.13 Å². The predicted octanol–water partition coefficient (Wildman–Crippen LogP) is 4.02. The van der Waals surface area contributed by atoms with Gasteiger partial charge in [-0.05, 0) is 44.0 Å². The molecule has 0 saturated carbocycles. The van der Waals surface area contributed by atoms with Crippen LogP contribution in [-0.4, -0.2) is 39.8 Å². The molecular weight excluding hydrogens is 372 g/mol. The number of likely N-dealkylation sites (tertiary alicyclic amines) is 1. The largest absolute Gasteiger partial charge is 0.360 e. The Morgan fingerprint density at radius 1 is 1.21 bits per heavy atom. The molecule has 2 amide bonds. The molecule has 0 radical (unpaired) electrons. The third kappa shape index (κ3) is 3.71. The molecule has 1 atom stereocenters. The number of thiazole rings is 1. The Kier molecular flexibility index (Phi) is 5.00. The van der Waals surface area contributed by atoms with Crippen molar-refractivity contribution in [2.45, 2.75) is 19.8 Å². The molecule has 1 aliphatic rings. The van der Waals surface area contributed by atoms with Crippen molar-refractivity contribution in [3.63, 3.8) is 0 Å². The van der Waals surface area contributed by atoms with Crippen LogP contribution in [0.15, 0.2) is 54.0 Å². The number of carbonyl (C=O) groups is 2. The highest BCUT2D eigenvalue weighted by molar-refractivity contribution is 7.14. The van der Waals surface area contributed by atoms with Gasteiger partial charge in [0.25, 0.3) is 5.91 Å². The van der Waals surface area contributed by atoms with Gasteiger partial charge in [-0.2, -0.15) is 0 Å². The maximum absolute atomic E-state index is 13.0. The molecule has 3 heterocycles. The van der Waals surface area contributed by atoms with Crippen LogP contribution in [0.4, 0.5) is 5.13 Å². The van der Waals surface area contributed by atoms with Crippen LogP contribution < -0.4 is 5.32 Å². The summed E-state index contributed by atoms with van der Waals surface area (Å²) in [5.74, 6) is -0.118. The van der Waals surface area contributed by atoms with Gasteiger partial charge < -0.3 is 15.2 Å². The number of piperidine rings is 1. The van der Waals surface area contributed by atoms with E-state index in [0.717, 1.165) is 24.2 Å². The molecule has 144 valence electrons. The van der Waals surface area contributed by atoms with E-state index in [4.69, 9.17) is 0 Å². The maximum Gasteiger partial charge on any atom is 0.253 e. The lowest BCUT2D eigenvalue weighted by Crippen LogP contribution is -2.50. The minimum Gasteiger partial charge on any atom is -0.360 e. The summed E-state index contributed by atoms with van der Waals surface area (Å²) in [7, 11) is 0. The van der Waals surface area contributed by atoms with Crippen molar-refractivity contribution in [3.05, 3.63) is 59.6 Å².